The predicted molar refractivity (Wildman–Crippen MR) is 85.0 cm³/mol. The molecule has 20 heavy (non-hydrogen) atoms. The van der Waals surface area contributed by atoms with Gasteiger partial charge in [0.1, 0.15) is 0 Å². The van der Waals surface area contributed by atoms with Gasteiger partial charge in [-0.15, -0.1) is 0 Å². The number of benzene rings is 2. The van der Waals surface area contributed by atoms with Crippen molar-refractivity contribution in [1.29, 1.82) is 0 Å². The Bertz CT molecular complexity index is 520. The van der Waals surface area contributed by atoms with Gasteiger partial charge in [0.2, 0.25) is 0 Å². The van der Waals surface area contributed by atoms with E-state index in [-0.39, 0.29) is 0 Å². The number of hydrogen-bond acceptors (Lipinski definition) is 1. The van der Waals surface area contributed by atoms with Gasteiger partial charge in [0.25, 0.3) is 0 Å². The summed E-state index contributed by atoms with van der Waals surface area (Å²) in [5.41, 5.74) is 8.54. The van der Waals surface area contributed by atoms with Crippen LogP contribution in [-0.2, 0) is 0 Å². The third kappa shape index (κ3) is 5.14. The van der Waals surface area contributed by atoms with E-state index in [1.165, 1.54) is 16.0 Å². The molecule has 0 unspecified atom stereocenters. The number of urea groups is 1. The Labute approximate surface area is 121 Å². The molecule has 0 atom stereocenters. The molecule has 0 heterocycles. The maximum Gasteiger partial charge on any atom is 0.319 e. The molecular weight excluding hydrogens is 248 g/mol. The van der Waals surface area contributed by atoms with Crippen molar-refractivity contribution in [1.82, 2.24) is 0 Å². The molecule has 0 bridgehead atoms. The fourth-order valence-corrected chi connectivity index (χ4v) is 1.72. The van der Waals surface area contributed by atoms with Crippen LogP contribution in [0.1, 0.15) is 18.1 Å². The zero-order valence-corrected chi connectivity index (χ0v) is 12.3. The van der Waals surface area contributed by atoms with Crippen molar-refractivity contribution in [2.24, 2.45) is 5.73 Å². The molecule has 0 aliphatic heterocycles. The average molecular weight is 270 g/mol. The molecule has 0 fully saturated rings. The van der Waals surface area contributed by atoms with Crippen molar-refractivity contribution < 1.29 is 4.79 Å². The lowest BCUT2D eigenvalue weighted by molar-refractivity contribution is 0.254. The van der Waals surface area contributed by atoms with E-state index in [9.17, 15) is 4.79 Å². The summed E-state index contributed by atoms with van der Waals surface area (Å²) in [6.45, 7) is 6.58. The third-order valence-corrected chi connectivity index (χ3v) is 2.87. The van der Waals surface area contributed by atoms with Crippen LogP contribution < -0.4 is 10.6 Å². The molecule has 2 rings (SSSR count). The summed E-state index contributed by atoms with van der Waals surface area (Å²) in [7, 11) is 0. The van der Waals surface area contributed by atoms with Gasteiger partial charge < -0.3 is 5.73 Å². The number of aryl methyl sites for hydroxylation is 2. The van der Waals surface area contributed by atoms with Gasteiger partial charge in [-0.05, 0) is 32.9 Å². The smallest absolute Gasteiger partial charge is 0.319 e. The Kier molecular flexibility index (Phi) is 6.30. The Morgan fingerprint density at radius 3 is 1.80 bits per heavy atom. The second-order valence-electron chi connectivity index (χ2n) is 4.57. The zero-order chi connectivity index (χ0) is 15.0. The van der Waals surface area contributed by atoms with Gasteiger partial charge in [0.05, 0.1) is 0 Å². The quantitative estimate of drug-likeness (QED) is 0.884. The van der Waals surface area contributed by atoms with E-state index >= 15 is 0 Å². The van der Waals surface area contributed by atoms with Crippen LogP contribution in [0, 0.1) is 13.8 Å². The lowest BCUT2D eigenvalue weighted by Crippen LogP contribution is -2.35. The van der Waals surface area contributed by atoms with Crippen molar-refractivity contribution in [3.63, 3.8) is 0 Å². The molecule has 2 amide bonds. The SMILES string of the molecule is CCN(C(N)=O)c1ccc(C)cc1.Cc1ccccc1. The topological polar surface area (TPSA) is 46.3 Å². The molecule has 0 aromatic heterocycles. The van der Waals surface area contributed by atoms with Crippen LogP contribution in [0.15, 0.2) is 54.6 Å². The fourth-order valence-electron chi connectivity index (χ4n) is 1.72. The number of anilines is 1. The van der Waals surface area contributed by atoms with Crippen molar-refractivity contribution in [2.45, 2.75) is 20.8 Å². The molecule has 0 aliphatic rings. The minimum atomic E-state index is -0.411. The van der Waals surface area contributed by atoms with Gasteiger partial charge >= 0.3 is 6.03 Å². The third-order valence-electron chi connectivity index (χ3n) is 2.87. The normalized spacial score (nSPS) is 9.35. The molecule has 3 nitrogen and oxygen atoms in total. The van der Waals surface area contributed by atoms with Gasteiger partial charge in [0, 0.05) is 12.2 Å². The first-order valence-electron chi connectivity index (χ1n) is 6.70. The first-order chi connectivity index (χ1) is 9.54. The van der Waals surface area contributed by atoms with Crippen molar-refractivity contribution in [3.05, 3.63) is 65.7 Å². The molecule has 2 aromatic rings. The second-order valence-corrected chi connectivity index (χ2v) is 4.57. The minimum Gasteiger partial charge on any atom is -0.351 e. The molecule has 0 saturated carbocycles. The summed E-state index contributed by atoms with van der Waals surface area (Å²) in [5, 5.41) is 0. The Balaban J connectivity index is 0.000000240. The highest BCUT2D eigenvalue weighted by molar-refractivity contribution is 5.90. The molecule has 106 valence electrons. The van der Waals surface area contributed by atoms with Gasteiger partial charge in [-0.1, -0.05) is 53.6 Å². The Morgan fingerprint density at radius 2 is 1.45 bits per heavy atom. The van der Waals surface area contributed by atoms with Crippen LogP contribution in [0.4, 0.5) is 10.5 Å². The number of amides is 2. The molecule has 2 aromatic carbocycles. The molecule has 0 spiro atoms. The summed E-state index contributed by atoms with van der Waals surface area (Å²) < 4.78 is 0. The van der Waals surface area contributed by atoms with Crippen molar-refractivity contribution >= 4 is 11.7 Å². The average Bonchev–Trinajstić information content (AvgIpc) is 2.43. The number of carbonyl (C=O) groups is 1. The molecule has 0 aliphatic carbocycles. The number of hydrogen-bond donors (Lipinski definition) is 1. The van der Waals surface area contributed by atoms with Gasteiger partial charge in [0.15, 0.2) is 0 Å². The largest absolute Gasteiger partial charge is 0.351 e. The number of rotatable bonds is 2. The highest BCUT2D eigenvalue weighted by Crippen LogP contribution is 2.14. The number of nitrogens with zero attached hydrogens (tertiary/aromatic N) is 1. The summed E-state index contributed by atoms with van der Waals surface area (Å²) in [5.74, 6) is 0. The van der Waals surface area contributed by atoms with Crippen LogP contribution in [0.25, 0.3) is 0 Å². The van der Waals surface area contributed by atoms with E-state index in [1.54, 1.807) is 0 Å². The Hall–Kier alpha value is -2.29. The standard InChI is InChI=1S/C10H14N2O.C7H8/c1-3-12(10(11)13)9-6-4-8(2)5-7-9;1-7-5-3-2-4-6-7/h4-7H,3H2,1-2H3,(H2,11,13);2-6H,1H3. The lowest BCUT2D eigenvalue weighted by atomic mass is 10.2. The molecule has 0 saturated heterocycles. The summed E-state index contributed by atoms with van der Waals surface area (Å²) in [4.78, 5) is 12.5. The van der Waals surface area contributed by atoms with Gasteiger partial charge in [-0.25, -0.2) is 4.79 Å². The zero-order valence-electron chi connectivity index (χ0n) is 12.3. The predicted octanol–water partition coefficient (Wildman–Crippen LogP) is 3.90. The van der Waals surface area contributed by atoms with E-state index in [2.05, 4.69) is 19.1 Å². The van der Waals surface area contributed by atoms with Gasteiger partial charge in [-0.2, -0.15) is 0 Å². The maximum atomic E-state index is 11.0. The van der Waals surface area contributed by atoms with Crippen LogP contribution in [0.2, 0.25) is 0 Å². The van der Waals surface area contributed by atoms with E-state index in [1.807, 2.05) is 56.3 Å². The fraction of sp³-hybridized carbons (Fsp3) is 0.235. The van der Waals surface area contributed by atoms with Crippen LogP contribution in [0.5, 0.6) is 0 Å². The number of primary amides is 1. The summed E-state index contributed by atoms with van der Waals surface area (Å²) >= 11 is 0. The highest BCUT2D eigenvalue weighted by atomic mass is 16.2. The molecular formula is C17H22N2O. The van der Waals surface area contributed by atoms with E-state index in [0.29, 0.717) is 6.54 Å². The van der Waals surface area contributed by atoms with Gasteiger partial charge in [-0.3, -0.25) is 4.90 Å². The monoisotopic (exact) mass is 270 g/mol. The van der Waals surface area contributed by atoms with Crippen molar-refractivity contribution in [2.75, 3.05) is 11.4 Å². The molecule has 3 heteroatoms. The minimum absolute atomic E-state index is 0.411. The van der Waals surface area contributed by atoms with Crippen LogP contribution in [0.3, 0.4) is 0 Å². The number of carbonyl (C=O) groups excluding carboxylic acids is 1. The van der Waals surface area contributed by atoms with E-state index in [0.717, 1.165) is 5.69 Å². The van der Waals surface area contributed by atoms with Crippen LogP contribution in [-0.4, -0.2) is 12.6 Å². The highest BCUT2D eigenvalue weighted by Gasteiger charge is 2.08. The van der Waals surface area contributed by atoms with Crippen molar-refractivity contribution in [3.8, 4) is 0 Å². The first-order valence-corrected chi connectivity index (χ1v) is 6.70. The summed E-state index contributed by atoms with van der Waals surface area (Å²) in [6, 6.07) is 17.6. The van der Waals surface area contributed by atoms with E-state index < -0.39 is 6.03 Å². The lowest BCUT2D eigenvalue weighted by Gasteiger charge is -2.18. The summed E-state index contributed by atoms with van der Waals surface area (Å²) in [6.07, 6.45) is 0. The molecule has 2 N–H and O–H groups in total. The maximum absolute atomic E-state index is 11.0. The first kappa shape index (κ1) is 15.8. The number of nitrogens with two attached hydrogens (primary N) is 1. The Morgan fingerprint density at radius 1 is 0.950 bits per heavy atom. The molecule has 0 radical (unpaired) electrons. The second kappa shape index (κ2) is 8.00. The van der Waals surface area contributed by atoms with Crippen LogP contribution >= 0.6 is 0 Å². The van der Waals surface area contributed by atoms with E-state index in [4.69, 9.17) is 5.73 Å².